The molecule has 35 heavy (non-hydrogen) atoms. The summed E-state index contributed by atoms with van der Waals surface area (Å²) >= 11 is 0. The summed E-state index contributed by atoms with van der Waals surface area (Å²) in [6.45, 7) is 4.04. The van der Waals surface area contributed by atoms with Crippen molar-refractivity contribution < 1.29 is 9.85 Å². The SMILES string of the molecule is CC1(C)c2cc(Nc3ccccc3)c([N+](=O)[O-])cc2-c2cc([N+](=O)[O-])c(Nc3ccccc3)cc21. The summed E-state index contributed by atoms with van der Waals surface area (Å²) < 4.78 is 0. The third-order valence-corrected chi connectivity index (χ3v) is 6.41. The Balaban J connectivity index is 1.67. The van der Waals surface area contributed by atoms with Crippen LogP contribution >= 0.6 is 0 Å². The number of fused-ring (bicyclic) bond motifs is 3. The number of hydrogen-bond acceptors (Lipinski definition) is 6. The minimum atomic E-state index is -0.533. The van der Waals surface area contributed by atoms with E-state index in [0.29, 0.717) is 22.5 Å². The molecule has 1 aliphatic rings. The normalized spacial score (nSPS) is 13.0. The van der Waals surface area contributed by atoms with Crippen molar-refractivity contribution in [1.29, 1.82) is 0 Å². The molecule has 1 aliphatic carbocycles. The van der Waals surface area contributed by atoms with E-state index in [1.807, 2.05) is 74.5 Å². The molecule has 4 aromatic rings. The van der Waals surface area contributed by atoms with E-state index in [-0.39, 0.29) is 11.4 Å². The van der Waals surface area contributed by atoms with Gasteiger partial charge in [-0.3, -0.25) is 20.2 Å². The molecule has 0 saturated heterocycles. The Morgan fingerprint density at radius 1 is 0.629 bits per heavy atom. The Morgan fingerprint density at radius 2 is 1.00 bits per heavy atom. The lowest BCUT2D eigenvalue weighted by atomic mass is 9.82. The number of nitrogens with one attached hydrogen (secondary N) is 2. The van der Waals surface area contributed by atoms with Gasteiger partial charge in [0.05, 0.1) is 9.85 Å². The minimum Gasteiger partial charge on any atom is -0.350 e. The van der Waals surface area contributed by atoms with Crippen molar-refractivity contribution in [3.05, 3.63) is 116 Å². The molecule has 0 amide bonds. The molecule has 8 heteroatoms. The summed E-state index contributed by atoms with van der Waals surface area (Å²) in [5.41, 5.74) is 4.48. The van der Waals surface area contributed by atoms with E-state index in [1.165, 1.54) is 12.1 Å². The molecule has 5 rings (SSSR count). The third kappa shape index (κ3) is 3.85. The third-order valence-electron chi connectivity index (χ3n) is 6.41. The number of nitrogens with zero attached hydrogens (tertiary/aromatic N) is 2. The fourth-order valence-electron chi connectivity index (χ4n) is 4.66. The molecule has 8 nitrogen and oxygen atoms in total. The van der Waals surface area contributed by atoms with Crippen molar-refractivity contribution in [3.8, 4) is 11.1 Å². The second kappa shape index (κ2) is 8.25. The summed E-state index contributed by atoms with van der Waals surface area (Å²) in [7, 11) is 0. The van der Waals surface area contributed by atoms with Crippen LogP contribution in [0.4, 0.5) is 34.1 Å². The molecule has 0 bridgehead atoms. The molecule has 4 aromatic carbocycles. The number of nitro groups is 2. The number of nitro benzene ring substituents is 2. The summed E-state index contributed by atoms with van der Waals surface area (Å²) in [5.74, 6) is 0. The van der Waals surface area contributed by atoms with E-state index in [2.05, 4.69) is 10.6 Å². The molecular weight excluding hydrogens is 444 g/mol. The van der Waals surface area contributed by atoms with Gasteiger partial charge in [-0.2, -0.15) is 0 Å². The molecule has 0 radical (unpaired) electrons. The molecule has 2 N–H and O–H groups in total. The fraction of sp³-hybridized carbons (Fsp3) is 0.111. The Bertz CT molecular complexity index is 1360. The number of anilines is 4. The van der Waals surface area contributed by atoms with Gasteiger partial charge < -0.3 is 10.6 Å². The predicted octanol–water partition coefficient (Wildman–Crippen LogP) is 7.30. The van der Waals surface area contributed by atoms with Crippen molar-refractivity contribution in [1.82, 2.24) is 0 Å². The molecule has 0 heterocycles. The van der Waals surface area contributed by atoms with Gasteiger partial charge in [0, 0.05) is 28.9 Å². The van der Waals surface area contributed by atoms with E-state index >= 15 is 0 Å². The largest absolute Gasteiger partial charge is 0.350 e. The van der Waals surface area contributed by atoms with E-state index in [9.17, 15) is 20.2 Å². The van der Waals surface area contributed by atoms with Crippen LogP contribution in [0, 0.1) is 20.2 Å². The van der Waals surface area contributed by atoms with Crippen molar-refractivity contribution in [2.45, 2.75) is 19.3 Å². The summed E-state index contributed by atoms with van der Waals surface area (Å²) in [6.07, 6.45) is 0. The number of hydrogen-bond donors (Lipinski definition) is 2. The van der Waals surface area contributed by atoms with Crippen LogP contribution < -0.4 is 10.6 Å². The van der Waals surface area contributed by atoms with Gasteiger partial charge in [-0.05, 0) is 58.7 Å². The molecule has 0 unspecified atom stereocenters. The molecule has 0 aromatic heterocycles. The Hall–Kier alpha value is -4.72. The van der Waals surface area contributed by atoms with E-state index < -0.39 is 15.3 Å². The monoisotopic (exact) mass is 466 g/mol. The van der Waals surface area contributed by atoms with Gasteiger partial charge in [0.25, 0.3) is 11.4 Å². The van der Waals surface area contributed by atoms with Crippen LogP contribution in [0.25, 0.3) is 11.1 Å². The van der Waals surface area contributed by atoms with Crippen LogP contribution in [-0.4, -0.2) is 9.85 Å². The van der Waals surface area contributed by atoms with Crippen molar-refractivity contribution in [3.63, 3.8) is 0 Å². The van der Waals surface area contributed by atoms with Crippen LogP contribution in [0.1, 0.15) is 25.0 Å². The Morgan fingerprint density at radius 3 is 1.34 bits per heavy atom. The zero-order chi connectivity index (χ0) is 24.7. The van der Waals surface area contributed by atoms with Gasteiger partial charge in [-0.15, -0.1) is 0 Å². The van der Waals surface area contributed by atoms with Crippen LogP contribution in [0.3, 0.4) is 0 Å². The summed E-state index contributed by atoms with van der Waals surface area (Å²) in [6, 6.07) is 25.1. The highest BCUT2D eigenvalue weighted by atomic mass is 16.6. The van der Waals surface area contributed by atoms with Crippen LogP contribution in [0.15, 0.2) is 84.9 Å². The molecule has 0 saturated carbocycles. The van der Waals surface area contributed by atoms with E-state index in [0.717, 1.165) is 22.5 Å². The quantitative estimate of drug-likeness (QED) is 0.228. The summed E-state index contributed by atoms with van der Waals surface area (Å²) in [5, 5.41) is 30.2. The Kier molecular flexibility index (Phi) is 5.21. The molecule has 0 aliphatic heterocycles. The maximum atomic E-state index is 12.0. The maximum Gasteiger partial charge on any atom is 0.293 e. The van der Waals surface area contributed by atoms with Crippen molar-refractivity contribution in [2.75, 3.05) is 10.6 Å². The molecular formula is C27H22N4O4. The lowest BCUT2D eigenvalue weighted by Crippen LogP contribution is -2.16. The predicted molar refractivity (Wildman–Crippen MR) is 137 cm³/mol. The highest BCUT2D eigenvalue weighted by Crippen LogP contribution is 2.53. The first kappa shape index (κ1) is 22.1. The average molecular weight is 466 g/mol. The second-order valence-corrected chi connectivity index (χ2v) is 8.95. The molecule has 0 fully saturated rings. The van der Waals surface area contributed by atoms with Gasteiger partial charge in [0.2, 0.25) is 0 Å². The second-order valence-electron chi connectivity index (χ2n) is 8.95. The van der Waals surface area contributed by atoms with E-state index in [4.69, 9.17) is 0 Å². The van der Waals surface area contributed by atoms with Gasteiger partial charge in [0.1, 0.15) is 11.4 Å². The number of benzene rings is 4. The zero-order valence-corrected chi connectivity index (χ0v) is 19.1. The van der Waals surface area contributed by atoms with Gasteiger partial charge >= 0.3 is 0 Å². The number of rotatable bonds is 6. The highest BCUT2D eigenvalue weighted by Gasteiger charge is 2.39. The topological polar surface area (TPSA) is 110 Å². The highest BCUT2D eigenvalue weighted by molar-refractivity contribution is 5.90. The van der Waals surface area contributed by atoms with Gasteiger partial charge in [-0.25, -0.2) is 0 Å². The average Bonchev–Trinajstić information content (AvgIpc) is 3.05. The fourth-order valence-corrected chi connectivity index (χ4v) is 4.66. The summed E-state index contributed by atoms with van der Waals surface area (Å²) in [4.78, 5) is 23.1. The van der Waals surface area contributed by atoms with Crippen LogP contribution in [0.2, 0.25) is 0 Å². The van der Waals surface area contributed by atoms with Crippen molar-refractivity contribution >= 4 is 34.1 Å². The van der Waals surface area contributed by atoms with Crippen LogP contribution in [-0.2, 0) is 5.41 Å². The maximum absolute atomic E-state index is 12.0. The van der Waals surface area contributed by atoms with Gasteiger partial charge in [0.15, 0.2) is 0 Å². The van der Waals surface area contributed by atoms with Crippen molar-refractivity contribution in [2.24, 2.45) is 0 Å². The molecule has 0 spiro atoms. The first-order chi connectivity index (χ1) is 16.8. The zero-order valence-electron chi connectivity index (χ0n) is 19.1. The standard InChI is InChI=1S/C27H22N4O4/c1-27(2)21-15-23(28-17-9-5-3-6-10-17)25(30(32)33)13-19(21)20-14-26(31(34)35)24(16-22(20)27)29-18-11-7-4-8-12-18/h3-16,28-29H,1-2H3. The first-order valence-electron chi connectivity index (χ1n) is 11.1. The van der Waals surface area contributed by atoms with E-state index in [1.54, 1.807) is 12.1 Å². The first-order valence-corrected chi connectivity index (χ1v) is 11.1. The minimum absolute atomic E-state index is 0.0922. The number of para-hydroxylation sites is 2. The lowest BCUT2D eigenvalue weighted by molar-refractivity contribution is -0.384. The Labute approximate surface area is 201 Å². The lowest BCUT2D eigenvalue weighted by Gasteiger charge is -2.23. The van der Waals surface area contributed by atoms with Crippen LogP contribution in [0.5, 0.6) is 0 Å². The molecule has 0 atom stereocenters. The smallest absolute Gasteiger partial charge is 0.293 e. The van der Waals surface area contributed by atoms with Gasteiger partial charge in [-0.1, -0.05) is 50.2 Å². The molecule has 174 valence electrons.